The minimum Gasteiger partial charge on any atom is -0.461 e. The van der Waals surface area contributed by atoms with Gasteiger partial charge in [0.2, 0.25) is 5.16 Å². The number of carbonyl (C=O) groups excluding carboxylic acids is 2. The maximum Gasteiger partial charge on any atom is 0.355 e. The van der Waals surface area contributed by atoms with Crippen molar-refractivity contribution in [1.29, 1.82) is 0 Å². The average Bonchev–Trinajstić information content (AvgIpc) is 3.24. The Morgan fingerprint density at radius 3 is 2.82 bits per heavy atom. The van der Waals surface area contributed by atoms with E-state index >= 15 is 0 Å². The first-order chi connectivity index (χ1) is 13.4. The zero-order valence-corrected chi connectivity index (χ0v) is 16.3. The molecule has 8 nitrogen and oxygen atoms in total. The quantitative estimate of drug-likeness (QED) is 0.367. The van der Waals surface area contributed by atoms with Crippen LogP contribution in [-0.4, -0.2) is 49.3 Å². The molecule has 0 saturated heterocycles. The van der Waals surface area contributed by atoms with Crippen LogP contribution in [0.5, 0.6) is 0 Å². The van der Waals surface area contributed by atoms with E-state index in [2.05, 4.69) is 20.5 Å². The van der Waals surface area contributed by atoms with E-state index in [4.69, 9.17) is 4.74 Å². The highest BCUT2D eigenvalue weighted by Gasteiger charge is 2.23. The summed E-state index contributed by atoms with van der Waals surface area (Å²) in [6, 6.07) is 5.84. The number of nitrogens with one attached hydrogen (secondary N) is 1. The lowest BCUT2D eigenvalue weighted by Crippen LogP contribution is -2.09. The number of nitrogens with zero attached hydrogens (tertiary/aromatic N) is 4. The van der Waals surface area contributed by atoms with Gasteiger partial charge < -0.3 is 9.72 Å². The van der Waals surface area contributed by atoms with E-state index in [1.54, 1.807) is 32.9 Å². The Hall–Kier alpha value is -3.01. The van der Waals surface area contributed by atoms with Gasteiger partial charge in [0.05, 0.1) is 18.0 Å². The number of hydrogen-bond acceptors (Lipinski definition) is 7. The highest BCUT2D eigenvalue weighted by atomic mass is 32.2. The number of ether oxygens (including phenoxy) is 1. The molecule has 0 bridgehead atoms. The van der Waals surface area contributed by atoms with E-state index in [0.717, 1.165) is 11.8 Å². The number of aromatic nitrogens is 5. The van der Waals surface area contributed by atoms with Crippen LogP contribution in [0.25, 0.3) is 5.69 Å². The molecule has 28 heavy (non-hydrogen) atoms. The molecule has 0 aliphatic carbocycles. The van der Waals surface area contributed by atoms with Gasteiger partial charge in [-0.1, -0.05) is 17.8 Å². The number of carbonyl (C=O) groups is 2. The SMILES string of the molecule is CCOC(=O)c1[nH]c(C)c(C(=O)CSc2nnnn2-c2cccc(F)c2)c1C. The minimum atomic E-state index is -0.496. The first kappa shape index (κ1) is 19.7. The summed E-state index contributed by atoms with van der Waals surface area (Å²) in [6.07, 6.45) is 0. The van der Waals surface area contributed by atoms with Crippen LogP contribution >= 0.6 is 11.8 Å². The summed E-state index contributed by atoms with van der Waals surface area (Å²) >= 11 is 1.13. The van der Waals surface area contributed by atoms with Gasteiger partial charge in [-0.05, 0) is 55.0 Å². The number of aryl methyl sites for hydroxylation is 1. The summed E-state index contributed by atoms with van der Waals surface area (Å²) in [5.74, 6) is -1.03. The monoisotopic (exact) mass is 403 g/mol. The Balaban J connectivity index is 1.78. The summed E-state index contributed by atoms with van der Waals surface area (Å²) in [7, 11) is 0. The fourth-order valence-electron chi connectivity index (χ4n) is 2.82. The number of thioether (sulfide) groups is 1. The maximum atomic E-state index is 13.5. The van der Waals surface area contributed by atoms with Crippen LogP contribution in [0.15, 0.2) is 29.4 Å². The Kier molecular flexibility index (Phi) is 5.88. The van der Waals surface area contributed by atoms with Gasteiger partial charge >= 0.3 is 5.97 Å². The molecule has 2 heterocycles. The Bertz CT molecular complexity index is 1030. The topological polar surface area (TPSA) is 103 Å². The van der Waals surface area contributed by atoms with E-state index in [-0.39, 0.29) is 23.8 Å². The molecule has 0 amide bonds. The second-order valence-corrected chi connectivity index (χ2v) is 6.85. The molecule has 0 radical (unpaired) electrons. The smallest absolute Gasteiger partial charge is 0.355 e. The number of ketones is 1. The zero-order chi connectivity index (χ0) is 20.3. The maximum absolute atomic E-state index is 13.5. The van der Waals surface area contributed by atoms with Crippen molar-refractivity contribution in [1.82, 2.24) is 25.2 Å². The fourth-order valence-corrected chi connectivity index (χ4v) is 3.58. The summed E-state index contributed by atoms with van der Waals surface area (Å²) in [4.78, 5) is 27.7. The molecule has 1 N–H and O–H groups in total. The van der Waals surface area contributed by atoms with Gasteiger partial charge in [-0.3, -0.25) is 4.79 Å². The Labute approximate surface area is 164 Å². The Morgan fingerprint density at radius 1 is 1.32 bits per heavy atom. The molecule has 0 unspecified atom stereocenters. The lowest BCUT2D eigenvalue weighted by molar-refractivity contribution is 0.0519. The molecule has 3 aromatic rings. The van der Waals surface area contributed by atoms with Crippen molar-refractivity contribution in [2.75, 3.05) is 12.4 Å². The number of hydrogen-bond donors (Lipinski definition) is 1. The van der Waals surface area contributed by atoms with E-state index in [1.807, 2.05) is 0 Å². The lowest BCUT2D eigenvalue weighted by Gasteiger charge is -2.05. The molecule has 146 valence electrons. The molecule has 0 aliphatic heterocycles. The first-order valence-corrected chi connectivity index (χ1v) is 9.47. The number of H-pyrrole nitrogens is 1. The molecule has 3 rings (SSSR count). The van der Waals surface area contributed by atoms with Crippen LogP contribution in [0.4, 0.5) is 4.39 Å². The summed E-state index contributed by atoms with van der Waals surface area (Å²) in [6.45, 7) is 5.39. The second kappa shape index (κ2) is 8.34. The number of rotatable bonds is 7. The average molecular weight is 403 g/mol. The van der Waals surface area contributed by atoms with Crippen LogP contribution < -0.4 is 0 Å². The number of esters is 1. The number of halogens is 1. The molecule has 2 aromatic heterocycles. The van der Waals surface area contributed by atoms with E-state index in [0.29, 0.717) is 27.7 Å². The van der Waals surface area contributed by atoms with E-state index in [9.17, 15) is 14.0 Å². The van der Waals surface area contributed by atoms with Crippen molar-refractivity contribution in [2.45, 2.75) is 25.9 Å². The lowest BCUT2D eigenvalue weighted by atomic mass is 10.1. The Morgan fingerprint density at radius 2 is 2.11 bits per heavy atom. The van der Waals surface area contributed by atoms with Crippen molar-refractivity contribution in [2.24, 2.45) is 0 Å². The van der Waals surface area contributed by atoms with Gasteiger partial charge in [0.1, 0.15) is 11.5 Å². The third-order valence-corrected chi connectivity index (χ3v) is 4.94. The fraction of sp³-hybridized carbons (Fsp3) is 0.278. The summed E-state index contributed by atoms with van der Waals surface area (Å²) < 4.78 is 19.8. The van der Waals surface area contributed by atoms with Gasteiger partial charge in [-0.2, -0.15) is 4.68 Å². The largest absolute Gasteiger partial charge is 0.461 e. The van der Waals surface area contributed by atoms with Crippen molar-refractivity contribution < 1.29 is 18.7 Å². The van der Waals surface area contributed by atoms with Crippen LogP contribution in [-0.2, 0) is 4.74 Å². The first-order valence-electron chi connectivity index (χ1n) is 8.49. The molecule has 0 saturated carbocycles. The van der Waals surface area contributed by atoms with Crippen LogP contribution in [0.2, 0.25) is 0 Å². The summed E-state index contributed by atoms with van der Waals surface area (Å²) in [5, 5.41) is 11.7. The van der Waals surface area contributed by atoms with Gasteiger partial charge in [0.25, 0.3) is 0 Å². The molecule has 0 aliphatic rings. The van der Waals surface area contributed by atoms with Crippen LogP contribution in [0.3, 0.4) is 0 Å². The van der Waals surface area contributed by atoms with Crippen molar-refractivity contribution in [3.05, 3.63) is 52.6 Å². The predicted octanol–water partition coefficient (Wildman–Crippen LogP) is 2.90. The van der Waals surface area contributed by atoms with Crippen LogP contribution in [0.1, 0.15) is 39.0 Å². The molecule has 0 spiro atoms. The van der Waals surface area contributed by atoms with E-state index < -0.39 is 11.8 Å². The second-order valence-electron chi connectivity index (χ2n) is 5.91. The number of Topliss-reactive ketones (excluding diaryl/α,β-unsaturated/α-hetero) is 1. The van der Waals surface area contributed by atoms with Gasteiger partial charge in [0, 0.05) is 11.3 Å². The van der Waals surface area contributed by atoms with Crippen LogP contribution in [0, 0.1) is 19.7 Å². The van der Waals surface area contributed by atoms with Gasteiger partial charge in [-0.15, -0.1) is 5.10 Å². The third-order valence-electron chi connectivity index (χ3n) is 4.02. The highest BCUT2D eigenvalue weighted by Crippen LogP contribution is 2.24. The molecular weight excluding hydrogens is 385 g/mol. The predicted molar refractivity (Wildman–Crippen MR) is 100 cm³/mol. The third kappa shape index (κ3) is 3.96. The number of aromatic amines is 1. The standard InChI is InChI=1S/C18H18FN5O3S/c1-4-27-17(26)16-10(2)15(11(3)20-16)14(25)9-28-18-21-22-23-24(18)13-7-5-6-12(19)8-13/h5-8,20H,4,9H2,1-3H3. The van der Waals surface area contributed by atoms with Gasteiger partial charge in [-0.25, -0.2) is 9.18 Å². The molecular formula is C18H18FN5O3S. The van der Waals surface area contributed by atoms with Gasteiger partial charge in [0.15, 0.2) is 5.78 Å². The molecule has 0 fully saturated rings. The van der Waals surface area contributed by atoms with E-state index in [1.165, 1.54) is 16.8 Å². The number of benzene rings is 1. The zero-order valence-electron chi connectivity index (χ0n) is 15.5. The minimum absolute atomic E-state index is 0.0531. The van der Waals surface area contributed by atoms with Crippen molar-refractivity contribution in [3.63, 3.8) is 0 Å². The number of tetrazole rings is 1. The van der Waals surface area contributed by atoms with Crippen molar-refractivity contribution in [3.8, 4) is 5.69 Å². The van der Waals surface area contributed by atoms with Crippen molar-refractivity contribution >= 4 is 23.5 Å². The molecule has 10 heteroatoms. The summed E-state index contributed by atoms with van der Waals surface area (Å²) in [5.41, 5.74) is 2.32. The highest BCUT2D eigenvalue weighted by molar-refractivity contribution is 7.99. The molecule has 0 atom stereocenters. The molecule has 1 aromatic carbocycles. The normalized spacial score (nSPS) is 10.9.